The summed E-state index contributed by atoms with van der Waals surface area (Å²) in [6.07, 6.45) is -2.95. The van der Waals surface area contributed by atoms with Gasteiger partial charge in [-0.05, 0) is 41.8 Å². The lowest BCUT2D eigenvalue weighted by atomic mass is 9.99. The standard InChI is InChI=1S/C50H64N10O15/c1-3-4-5-15-53-46-41-33(55-49(51)56-46)13-17-59(41)28-32-8-6-30(26-36(32)71-2)27-57-18-20-58(21-19-57)50(70)73-29-31-7-9-35(74-48-44(67)42(65)43(66)45(75-48)47(68)69)34(25-31)54-38(62)12-16-52-37(61)14-23-72-24-22-60-39(63)10-11-40(60)64/h6-11,13,17,25-26,42-45,48,65-67H,3-5,12,14-16,18-24,27-29H2,1-2H3,(H,52,61)(H,54,62)(H,68,69)(H3,51,53,55,56)/t42-,43-,44+,45-,48+/m0/s1. The average molecular weight is 1050 g/mol. The van der Waals surface area contributed by atoms with Gasteiger partial charge in [-0.3, -0.25) is 29.0 Å². The number of piperazine rings is 1. The maximum atomic E-state index is 13.4. The number of rotatable bonds is 25. The molecular formula is C50H64N10O15. The van der Waals surface area contributed by atoms with Gasteiger partial charge >= 0.3 is 12.1 Å². The van der Waals surface area contributed by atoms with Crippen LogP contribution in [0, 0.1) is 0 Å². The number of nitrogens with zero attached hydrogens (tertiary/aromatic N) is 6. The smallest absolute Gasteiger partial charge is 0.410 e. The SMILES string of the molecule is CCCCCNc1nc(N)nc2ccn(Cc3ccc(CN4CCN(C(=O)OCc5ccc(O[C@@H]6O[C@H](C(=O)O)[C@@H](O)[C@H](O)[C@H]6O)c(NC(=O)CCNC(=O)CCOCCN6C(=O)C=CC6=O)c5)CC4)cc3OC)c12. The third-order valence-electron chi connectivity index (χ3n) is 12.7. The van der Waals surface area contributed by atoms with E-state index in [-0.39, 0.29) is 63.1 Å². The molecule has 0 unspecified atom stereocenters. The van der Waals surface area contributed by atoms with Crippen LogP contribution in [-0.4, -0.2) is 182 Å². The number of carbonyl (C=O) groups is 6. The van der Waals surface area contributed by atoms with Crippen molar-refractivity contribution in [2.75, 3.05) is 82.5 Å². The first-order chi connectivity index (χ1) is 36.1. The van der Waals surface area contributed by atoms with Crippen molar-refractivity contribution in [1.29, 1.82) is 0 Å². The number of methoxy groups -OCH3 is 1. The second-order valence-corrected chi connectivity index (χ2v) is 18.1. The number of carboxylic acid groups (broad SMARTS) is 1. The number of imide groups is 1. The number of aliphatic hydroxyl groups excluding tert-OH is 3. The fourth-order valence-electron chi connectivity index (χ4n) is 8.58. The minimum Gasteiger partial charge on any atom is -0.496 e. The number of benzene rings is 2. The van der Waals surface area contributed by atoms with E-state index >= 15 is 0 Å². The van der Waals surface area contributed by atoms with Crippen LogP contribution in [-0.2, 0) is 57.9 Å². The van der Waals surface area contributed by atoms with Gasteiger partial charge in [0.1, 0.15) is 41.9 Å². The van der Waals surface area contributed by atoms with Gasteiger partial charge in [-0.15, -0.1) is 0 Å². The maximum absolute atomic E-state index is 13.4. The van der Waals surface area contributed by atoms with Crippen molar-refractivity contribution in [2.24, 2.45) is 0 Å². The third kappa shape index (κ3) is 14.7. The Morgan fingerprint density at radius 1 is 0.840 bits per heavy atom. The second kappa shape index (κ2) is 26.2. The highest BCUT2D eigenvalue weighted by molar-refractivity contribution is 6.12. The van der Waals surface area contributed by atoms with Crippen molar-refractivity contribution in [1.82, 2.24) is 34.6 Å². The summed E-state index contributed by atoms with van der Waals surface area (Å²) < 4.78 is 30.0. The van der Waals surface area contributed by atoms with Crippen LogP contribution >= 0.6 is 0 Å². The molecule has 5 heterocycles. The van der Waals surface area contributed by atoms with Gasteiger partial charge in [-0.25, -0.2) is 14.6 Å². The van der Waals surface area contributed by atoms with Crippen molar-refractivity contribution in [3.63, 3.8) is 0 Å². The largest absolute Gasteiger partial charge is 0.496 e. The molecule has 2 aromatic heterocycles. The van der Waals surface area contributed by atoms with Crippen molar-refractivity contribution in [2.45, 2.75) is 89.4 Å². The number of carbonyl (C=O) groups excluding carboxylic acids is 5. The normalized spacial score (nSPS) is 19.8. The predicted molar refractivity (Wildman–Crippen MR) is 268 cm³/mol. The van der Waals surface area contributed by atoms with Gasteiger partial charge in [0, 0.05) is 82.6 Å². The van der Waals surface area contributed by atoms with Crippen LogP contribution < -0.4 is 31.2 Å². The van der Waals surface area contributed by atoms with Crippen LogP contribution in [0.1, 0.15) is 55.7 Å². The van der Waals surface area contributed by atoms with Crippen LogP contribution in [0.15, 0.2) is 60.8 Å². The molecule has 0 bridgehead atoms. The number of aliphatic hydroxyl groups is 3. The molecule has 25 heteroatoms. The van der Waals surface area contributed by atoms with Crippen molar-refractivity contribution in [3.05, 3.63) is 77.5 Å². The Kier molecular flexibility index (Phi) is 19.3. The number of hydrogen-bond acceptors (Lipinski definition) is 19. The van der Waals surface area contributed by atoms with Crippen LogP contribution in [0.2, 0.25) is 0 Å². The summed E-state index contributed by atoms with van der Waals surface area (Å²) in [5, 5.41) is 49.4. The fraction of sp³-hybridized carbons (Fsp3) is 0.480. The fourth-order valence-corrected chi connectivity index (χ4v) is 8.58. The van der Waals surface area contributed by atoms with E-state index in [1.54, 1.807) is 12.0 Å². The van der Waals surface area contributed by atoms with Gasteiger partial charge in [0.25, 0.3) is 11.8 Å². The number of nitrogens with two attached hydrogens (primary N) is 1. The quantitative estimate of drug-likeness (QED) is 0.0341. The molecule has 9 N–H and O–H groups in total. The van der Waals surface area contributed by atoms with E-state index in [9.17, 15) is 49.2 Å². The van der Waals surface area contributed by atoms with Gasteiger partial charge in [-0.1, -0.05) is 38.0 Å². The minimum atomic E-state index is -1.97. The van der Waals surface area contributed by atoms with Gasteiger partial charge in [0.05, 0.1) is 44.6 Å². The van der Waals surface area contributed by atoms with Crippen LogP contribution in [0.25, 0.3) is 11.0 Å². The Morgan fingerprint density at radius 3 is 2.33 bits per heavy atom. The maximum Gasteiger partial charge on any atom is 0.410 e. The van der Waals surface area contributed by atoms with E-state index in [0.717, 1.165) is 70.8 Å². The highest BCUT2D eigenvalue weighted by atomic mass is 16.7. The minimum absolute atomic E-state index is 0.00710. The molecule has 404 valence electrons. The summed E-state index contributed by atoms with van der Waals surface area (Å²) in [5.74, 6) is -2.07. The van der Waals surface area contributed by atoms with Crippen molar-refractivity contribution >= 4 is 64.2 Å². The Bertz CT molecular complexity index is 2690. The lowest BCUT2D eigenvalue weighted by Gasteiger charge is -2.38. The molecule has 2 saturated heterocycles. The van der Waals surface area contributed by atoms with E-state index in [4.69, 9.17) is 29.4 Å². The zero-order valence-electron chi connectivity index (χ0n) is 41.7. The molecule has 0 spiro atoms. The first-order valence-corrected chi connectivity index (χ1v) is 24.7. The molecule has 5 amide bonds. The summed E-state index contributed by atoms with van der Waals surface area (Å²) in [5.41, 5.74) is 10.0. The Labute approximate surface area is 431 Å². The molecule has 0 aliphatic carbocycles. The number of amides is 5. The van der Waals surface area contributed by atoms with E-state index in [2.05, 4.69) is 48.4 Å². The highest BCUT2D eigenvalue weighted by Crippen LogP contribution is 2.32. The monoisotopic (exact) mass is 1040 g/mol. The number of nitrogens with one attached hydrogen (secondary N) is 3. The lowest BCUT2D eigenvalue weighted by molar-refractivity contribution is -0.271. The molecule has 0 radical (unpaired) electrons. The molecule has 7 rings (SSSR count). The number of unbranched alkanes of at least 4 members (excludes halogenated alkanes) is 2. The highest BCUT2D eigenvalue weighted by Gasteiger charge is 2.48. The number of aliphatic carboxylic acids is 1. The van der Waals surface area contributed by atoms with Crippen LogP contribution in [0.4, 0.5) is 22.2 Å². The molecule has 2 aromatic carbocycles. The molecule has 3 aliphatic heterocycles. The molecule has 25 nitrogen and oxygen atoms in total. The van der Waals surface area contributed by atoms with Crippen molar-refractivity contribution in [3.8, 4) is 11.5 Å². The third-order valence-corrected chi connectivity index (χ3v) is 12.7. The number of carboxylic acids is 1. The topological polar surface area (TPSA) is 332 Å². The number of anilines is 3. The first-order valence-electron chi connectivity index (χ1n) is 24.7. The van der Waals surface area contributed by atoms with Crippen molar-refractivity contribution < 1.29 is 72.9 Å². The Balaban J connectivity index is 0.909. The summed E-state index contributed by atoms with van der Waals surface area (Å²) in [6.45, 7) is 5.68. The van der Waals surface area contributed by atoms with E-state index < -0.39 is 66.4 Å². The molecule has 5 atom stereocenters. The molecule has 3 aliphatic rings. The van der Waals surface area contributed by atoms with Gasteiger partial charge < -0.3 is 75.3 Å². The average Bonchev–Trinajstić information content (AvgIpc) is 3.95. The molecular weight excluding hydrogens is 981 g/mol. The Morgan fingerprint density at radius 2 is 1.60 bits per heavy atom. The summed E-state index contributed by atoms with van der Waals surface area (Å²) in [4.78, 5) is 87.8. The predicted octanol–water partition coefficient (Wildman–Crippen LogP) is 1.17. The van der Waals surface area contributed by atoms with Crippen LogP contribution in [0.5, 0.6) is 11.5 Å². The van der Waals surface area contributed by atoms with E-state index in [0.29, 0.717) is 50.6 Å². The van der Waals surface area contributed by atoms with E-state index in [1.165, 1.54) is 18.2 Å². The first kappa shape index (κ1) is 55.3. The molecule has 4 aromatic rings. The molecule has 75 heavy (non-hydrogen) atoms. The summed E-state index contributed by atoms with van der Waals surface area (Å²) in [7, 11) is 1.64. The summed E-state index contributed by atoms with van der Waals surface area (Å²) in [6, 6.07) is 12.3. The Hall–Kier alpha value is -7.42. The van der Waals surface area contributed by atoms with Gasteiger partial charge in [0.15, 0.2) is 11.9 Å². The number of fused-ring (bicyclic) bond motifs is 1. The number of aromatic nitrogens is 3. The molecule has 0 saturated carbocycles. The van der Waals surface area contributed by atoms with E-state index in [1.807, 2.05) is 24.4 Å². The zero-order chi connectivity index (χ0) is 53.6. The summed E-state index contributed by atoms with van der Waals surface area (Å²) >= 11 is 0. The lowest BCUT2D eigenvalue weighted by Crippen LogP contribution is -2.61. The number of hydrogen-bond donors (Lipinski definition) is 8. The zero-order valence-corrected chi connectivity index (χ0v) is 41.7. The van der Waals surface area contributed by atoms with Gasteiger partial charge in [-0.2, -0.15) is 4.98 Å². The van der Waals surface area contributed by atoms with Crippen LogP contribution in [0.3, 0.4) is 0 Å². The van der Waals surface area contributed by atoms with Gasteiger partial charge in [0.2, 0.25) is 24.1 Å². The second-order valence-electron chi connectivity index (χ2n) is 18.1. The number of ether oxygens (including phenoxy) is 5. The number of nitrogen functional groups attached to an aromatic ring is 1. The molecule has 2 fully saturated rings.